The molecule has 0 saturated carbocycles. The molecule has 1 aliphatic heterocycles. The van der Waals surface area contributed by atoms with Gasteiger partial charge in [-0.1, -0.05) is 23.5 Å². The van der Waals surface area contributed by atoms with Gasteiger partial charge >= 0.3 is 0 Å². The predicted molar refractivity (Wildman–Crippen MR) is 127 cm³/mol. The zero-order valence-corrected chi connectivity index (χ0v) is 19.0. The Morgan fingerprint density at radius 1 is 1.23 bits per heavy atom. The maximum Gasteiger partial charge on any atom is 0.269 e. The minimum absolute atomic E-state index is 0.000399. The van der Waals surface area contributed by atoms with Crippen LogP contribution in [0.5, 0.6) is 0 Å². The number of hydrogen-bond donors (Lipinski definition) is 0. The second kappa shape index (κ2) is 7.79. The third-order valence-corrected chi connectivity index (χ3v) is 7.44. The highest BCUT2D eigenvalue weighted by Gasteiger charge is 2.15. The Labute approximate surface area is 185 Å². The summed E-state index contributed by atoms with van der Waals surface area (Å²) < 4.78 is 12.6. The molecule has 0 N–H and O–H groups in total. The first-order chi connectivity index (χ1) is 15.0. The van der Waals surface area contributed by atoms with Gasteiger partial charge in [0.05, 0.1) is 10.6 Å². The van der Waals surface area contributed by atoms with Crippen molar-refractivity contribution in [1.29, 1.82) is 0 Å². The van der Waals surface area contributed by atoms with Crippen molar-refractivity contribution < 1.29 is 8.98 Å². The standard InChI is InChI=1S/C23H21N4O2S2/c1-4-27-21(14-20-26(3)15-8-5-6-10-17(15)30-20)31-18(23(27)28)11-12-19-24-22-16(29-19)9-7-13-25(22)2/h5-14H,4H2,1-3H3/q+1/b18-11-,19-12+. The van der Waals surface area contributed by atoms with Gasteiger partial charge in [0.15, 0.2) is 11.2 Å². The van der Waals surface area contributed by atoms with E-state index in [1.165, 1.54) is 21.6 Å². The average Bonchev–Trinajstić information content (AvgIpc) is 3.42. The van der Waals surface area contributed by atoms with E-state index in [4.69, 9.17) is 4.42 Å². The number of nitrogens with zero attached hydrogens (tertiary/aromatic N) is 4. The number of thiazole rings is 2. The predicted octanol–water partition coefficient (Wildman–Crippen LogP) is 0.791. The molecule has 1 aliphatic rings. The molecule has 0 unspecified atom stereocenters. The van der Waals surface area contributed by atoms with Crippen LogP contribution in [0.1, 0.15) is 11.9 Å². The van der Waals surface area contributed by atoms with Gasteiger partial charge in [-0.3, -0.25) is 9.36 Å². The number of fused-ring (bicyclic) bond motifs is 2. The zero-order chi connectivity index (χ0) is 21.5. The monoisotopic (exact) mass is 449 g/mol. The van der Waals surface area contributed by atoms with Crippen LogP contribution >= 0.6 is 22.7 Å². The summed E-state index contributed by atoms with van der Waals surface area (Å²) in [5, 5.41) is 1.10. The average molecular weight is 450 g/mol. The van der Waals surface area contributed by atoms with Crippen molar-refractivity contribution in [1.82, 2.24) is 9.55 Å². The van der Waals surface area contributed by atoms with E-state index >= 15 is 0 Å². The molecule has 0 atom stereocenters. The summed E-state index contributed by atoms with van der Waals surface area (Å²) in [5.74, 6) is 0.769. The number of rotatable bonds is 3. The number of allylic oxidation sites excluding steroid dienone is 1. The van der Waals surface area contributed by atoms with E-state index in [1.54, 1.807) is 28.1 Å². The third-order valence-electron chi connectivity index (χ3n) is 5.19. The molecule has 0 spiro atoms. The van der Waals surface area contributed by atoms with Crippen molar-refractivity contribution >= 4 is 63.0 Å². The molecule has 4 aromatic rings. The number of hydrogen-bond acceptors (Lipinski definition) is 6. The normalized spacial score (nSPS) is 15.2. The van der Waals surface area contributed by atoms with Gasteiger partial charge in [-0.25, -0.2) is 0 Å². The first-order valence-electron chi connectivity index (χ1n) is 9.94. The van der Waals surface area contributed by atoms with Crippen LogP contribution in [0.15, 0.2) is 45.8 Å². The molecule has 5 rings (SSSR count). The van der Waals surface area contributed by atoms with E-state index < -0.39 is 0 Å². The number of aryl methyl sites for hydroxylation is 1. The van der Waals surface area contributed by atoms with Crippen LogP contribution in [-0.2, 0) is 13.6 Å². The van der Waals surface area contributed by atoms with Crippen LogP contribution < -0.4 is 35.2 Å². The molecule has 0 radical (unpaired) electrons. The smallest absolute Gasteiger partial charge is 0.269 e. The number of anilines is 1. The molecule has 1 aromatic carbocycles. The van der Waals surface area contributed by atoms with Crippen LogP contribution in [0.3, 0.4) is 0 Å². The third kappa shape index (κ3) is 3.47. The Morgan fingerprint density at radius 2 is 2.06 bits per heavy atom. The Bertz CT molecular complexity index is 1630. The van der Waals surface area contributed by atoms with Crippen molar-refractivity contribution in [2.24, 2.45) is 7.05 Å². The Balaban J connectivity index is 1.63. The highest BCUT2D eigenvalue weighted by molar-refractivity contribution is 7.19. The van der Waals surface area contributed by atoms with Gasteiger partial charge in [-0.2, -0.15) is 9.55 Å². The highest BCUT2D eigenvalue weighted by Crippen LogP contribution is 2.19. The lowest BCUT2D eigenvalue weighted by Crippen LogP contribution is -2.32. The van der Waals surface area contributed by atoms with Crippen molar-refractivity contribution in [3.05, 3.63) is 72.1 Å². The van der Waals surface area contributed by atoms with E-state index in [0.29, 0.717) is 22.0 Å². The van der Waals surface area contributed by atoms with Crippen LogP contribution in [0.4, 0.5) is 5.82 Å². The summed E-state index contributed by atoms with van der Waals surface area (Å²) in [6, 6.07) is 8.32. The minimum atomic E-state index is 0.000399. The molecule has 0 aliphatic carbocycles. The molecule has 31 heavy (non-hydrogen) atoms. The summed E-state index contributed by atoms with van der Waals surface area (Å²) in [7, 11) is 3.98. The van der Waals surface area contributed by atoms with Crippen LogP contribution in [-0.4, -0.2) is 16.6 Å². The zero-order valence-electron chi connectivity index (χ0n) is 17.4. The maximum atomic E-state index is 13.0. The fourth-order valence-electron chi connectivity index (χ4n) is 3.56. The van der Waals surface area contributed by atoms with E-state index in [2.05, 4.69) is 34.8 Å². The Kier molecular flexibility index (Phi) is 4.95. The van der Waals surface area contributed by atoms with Crippen LogP contribution in [0, 0.1) is 0 Å². The molecule has 6 nitrogen and oxygen atoms in total. The SMILES string of the molecule is CCn1c(=O)/c(=C/C=c2\nc3c(o2)=CC=CN3C)s/c1=C\c1sc2ccccc2[n+]1C. The minimum Gasteiger partial charge on any atom is -0.435 e. The Hall–Kier alpha value is -3.23. The molecule has 4 heterocycles. The van der Waals surface area contributed by atoms with Crippen LogP contribution in [0.25, 0.3) is 34.5 Å². The topological polar surface area (TPSA) is 55.2 Å². The fraction of sp³-hybridized carbons (Fsp3) is 0.174. The summed E-state index contributed by atoms with van der Waals surface area (Å²) in [6.07, 6.45) is 11.4. The van der Waals surface area contributed by atoms with Gasteiger partial charge in [0.1, 0.15) is 16.4 Å². The van der Waals surface area contributed by atoms with E-state index in [-0.39, 0.29) is 5.56 Å². The molecule has 0 fully saturated rings. The molecule has 8 heteroatoms. The highest BCUT2D eigenvalue weighted by atomic mass is 32.1. The van der Waals surface area contributed by atoms with Crippen molar-refractivity contribution in [3.8, 4) is 0 Å². The Morgan fingerprint density at radius 3 is 2.84 bits per heavy atom. The second-order valence-corrected chi connectivity index (χ2v) is 9.28. The number of benzene rings is 1. The van der Waals surface area contributed by atoms with E-state index in [9.17, 15) is 4.79 Å². The number of aromatic nitrogens is 3. The molecule has 0 saturated heterocycles. The molecular weight excluding hydrogens is 428 g/mol. The largest absolute Gasteiger partial charge is 0.435 e. The van der Waals surface area contributed by atoms with Gasteiger partial charge < -0.3 is 9.32 Å². The lowest BCUT2D eigenvalue weighted by molar-refractivity contribution is -0.642. The molecule has 0 amide bonds. The molecule has 0 bridgehead atoms. The number of oxazole rings is 1. The first kappa shape index (κ1) is 19.7. The summed E-state index contributed by atoms with van der Waals surface area (Å²) in [6.45, 7) is 2.60. The summed E-state index contributed by atoms with van der Waals surface area (Å²) in [4.78, 5) is 19.4. The van der Waals surface area contributed by atoms with Gasteiger partial charge in [0, 0.05) is 31.9 Å². The van der Waals surface area contributed by atoms with Gasteiger partial charge in [-0.15, -0.1) is 11.3 Å². The van der Waals surface area contributed by atoms with Gasteiger partial charge in [-0.05, 0) is 31.2 Å². The van der Waals surface area contributed by atoms with E-state index in [1.807, 2.05) is 49.4 Å². The van der Waals surface area contributed by atoms with Gasteiger partial charge in [0.2, 0.25) is 11.1 Å². The second-order valence-electron chi connectivity index (χ2n) is 7.16. The fourth-order valence-corrected chi connectivity index (χ4v) is 5.77. The maximum absolute atomic E-state index is 13.0. The molecule has 3 aromatic heterocycles. The lowest BCUT2D eigenvalue weighted by atomic mass is 10.3. The number of para-hydroxylation sites is 1. The van der Waals surface area contributed by atoms with Crippen LogP contribution in [0.2, 0.25) is 0 Å². The van der Waals surface area contributed by atoms with Crippen molar-refractivity contribution in [2.45, 2.75) is 13.5 Å². The van der Waals surface area contributed by atoms with Crippen molar-refractivity contribution in [3.63, 3.8) is 0 Å². The van der Waals surface area contributed by atoms with E-state index in [0.717, 1.165) is 15.5 Å². The molecular formula is C23H21N4O2S2+. The first-order valence-corrected chi connectivity index (χ1v) is 11.6. The van der Waals surface area contributed by atoms with Gasteiger partial charge in [0.25, 0.3) is 10.6 Å². The summed E-state index contributed by atoms with van der Waals surface area (Å²) >= 11 is 3.20. The lowest BCUT2D eigenvalue weighted by Gasteiger charge is -2.10. The molecule has 156 valence electrons. The quantitative estimate of drug-likeness (QED) is 0.434. The van der Waals surface area contributed by atoms with Crippen molar-refractivity contribution in [2.75, 3.05) is 11.9 Å². The summed E-state index contributed by atoms with van der Waals surface area (Å²) in [5.41, 5.74) is 2.38.